The van der Waals surface area contributed by atoms with Gasteiger partial charge in [0.25, 0.3) is 0 Å². The second-order valence-electron chi connectivity index (χ2n) is 4.28. The molecule has 1 aliphatic rings. The van der Waals surface area contributed by atoms with E-state index in [0.717, 1.165) is 19.3 Å². The zero-order valence-electron chi connectivity index (χ0n) is 8.57. The molecule has 74 valence electrons. The van der Waals surface area contributed by atoms with Crippen LogP contribution in [0.5, 0.6) is 0 Å². The molecule has 0 spiro atoms. The van der Waals surface area contributed by atoms with Crippen molar-refractivity contribution in [3.63, 3.8) is 0 Å². The number of carbonyl (C=O) groups is 1. The van der Waals surface area contributed by atoms with E-state index in [9.17, 15) is 4.79 Å². The van der Waals surface area contributed by atoms with Gasteiger partial charge >= 0.3 is 0 Å². The number of carbonyl (C=O) groups excluding carboxylic acids is 1. The van der Waals surface area contributed by atoms with Crippen molar-refractivity contribution in [2.45, 2.75) is 32.1 Å². The first-order chi connectivity index (χ1) is 6.77. The molecule has 2 atom stereocenters. The van der Waals surface area contributed by atoms with Crippen LogP contribution in [0.1, 0.15) is 37.7 Å². The van der Waals surface area contributed by atoms with E-state index in [1.807, 2.05) is 6.07 Å². The summed E-state index contributed by atoms with van der Waals surface area (Å²) in [5.41, 5.74) is 1.40. The summed E-state index contributed by atoms with van der Waals surface area (Å²) in [6.07, 6.45) is 2.56. The number of ketones is 1. The molecule has 2 rings (SSSR count). The van der Waals surface area contributed by atoms with Crippen LogP contribution in [0.4, 0.5) is 0 Å². The molecule has 14 heavy (non-hydrogen) atoms. The maximum atomic E-state index is 11.3. The Balaban J connectivity index is 2.16. The van der Waals surface area contributed by atoms with Crippen molar-refractivity contribution in [2.24, 2.45) is 5.92 Å². The number of benzene rings is 1. The third kappa shape index (κ3) is 1.87. The molecule has 0 aromatic heterocycles. The molecule has 0 aliphatic heterocycles. The molecular formula is C13H16O. The fourth-order valence-corrected chi connectivity index (χ4v) is 2.40. The van der Waals surface area contributed by atoms with Gasteiger partial charge in [-0.05, 0) is 23.8 Å². The third-order valence-corrected chi connectivity index (χ3v) is 3.20. The summed E-state index contributed by atoms with van der Waals surface area (Å²) in [6.45, 7) is 2.19. The van der Waals surface area contributed by atoms with Crippen molar-refractivity contribution in [3.05, 3.63) is 35.9 Å². The van der Waals surface area contributed by atoms with Crippen LogP contribution < -0.4 is 0 Å². The highest BCUT2D eigenvalue weighted by molar-refractivity contribution is 5.79. The Morgan fingerprint density at radius 3 is 2.57 bits per heavy atom. The predicted molar refractivity (Wildman–Crippen MR) is 57.2 cm³/mol. The zero-order valence-corrected chi connectivity index (χ0v) is 8.57. The molecule has 0 heterocycles. The lowest BCUT2D eigenvalue weighted by Gasteiger charge is -2.28. The van der Waals surface area contributed by atoms with Crippen molar-refractivity contribution in [1.82, 2.24) is 0 Å². The summed E-state index contributed by atoms with van der Waals surface area (Å²) in [7, 11) is 0. The molecule has 1 aliphatic carbocycles. The highest BCUT2D eigenvalue weighted by Gasteiger charge is 2.26. The third-order valence-electron chi connectivity index (χ3n) is 3.20. The van der Waals surface area contributed by atoms with Crippen molar-refractivity contribution in [3.8, 4) is 0 Å². The van der Waals surface area contributed by atoms with Crippen LogP contribution in [0.25, 0.3) is 0 Å². The van der Waals surface area contributed by atoms with E-state index in [1.165, 1.54) is 5.56 Å². The van der Waals surface area contributed by atoms with E-state index in [4.69, 9.17) is 0 Å². The zero-order chi connectivity index (χ0) is 9.97. The van der Waals surface area contributed by atoms with Crippen molar-refractivity contribution in [2.75, 3.05) is 0 Å². The molecule has 0 N–H and O–H groups in total. The van der Waals surface area contributed by atoms with E-state index in [2.05, 4.69) is 31.2 Å². The minimum atomic E-state index is 0.435. The first-order valence-electron chi connectivity index (χ1n) is 5.34. The number of rotatable bonds is 1. The second kappa shape index (κ2) is 3.95. The monoisotopic (exact) mass is 188 g/mol. The largest absolute Gasteiger partial charge is 0.300 e. The Morgan fingerprint density at radius 1 is 1.21 bits per heavy atom. The highest BCUT2D eigenvalue weighted by atomic mass is 16.1. The van der Waals surface area contributed by atoms with E-state index < -0.39 is 0 Å². The van der Waals surface area contributed by atoms with Crippen LogP contribution >= 0.6 is 0 Å². The Hall–Kier alpha value is -1.11. The van der Waals surface area contributed by atoms with Gasteiger partial charge in [0.2, 0.25) is 0 Å². The minimum Gasteiger partial charge on any atom is -0.300 e. The van der Waals surface area contributed by atoms with Crippen LogP contribution in [0.3, 0.4) is 0 Å². The summed E-state index contributed by atoms with van der Waals surface area (Å²) < 4.78 is 0. The molecule has 1 saturated carbocycles. The molecule has 0 radical (unpaired) electrons. The van der Waals surface area contributed by atoms with Gasteiger partial charge in [0.05, 0.1) is 0 Å². The molecule has 0 amide bonds. The lowest BCUT2D eigenvalue weighted by molar-refractivity contribution is -0.121. The van der Waals surface area contributed by atoms with E-state index in [1.54, 1.807) is 0 Å². The maximum absolute atomic E-state index is 11.3. The fourth-order valence-electron chi connectivity index (χ4n) is 2.40. The smallest absolute Gasteiger partial charge is 0.133 e. The lowest BCUT2D eigenvalue weighted by atomic mass is 9.76. The Bertz CT molecular complexity index is 315. The number of hydrogen-bond acceptors (Lipinski definition) is 1. The van der Waals surface area contributed by atoms with E-state index in [0.29, 0.717) is 17.6 Å². The van der Waals surface area contributed by atoms with E-state index >= 15 is 0 Å². The summed E-state index contributed by atoms with van der Waals surface area (Å²) >= 11 is 0. The summed E-state index contributed by atoms with van der Waals surface area (Å²) in [4.78, 5) is 11.3. The quantitative estimate of drug-likeness (QED) is 0.661. The van der Waals surface area contributed by atoms with Crippen LogP contribution in [-0.4, -0.2) is 5.78 Å². The molecule has 1 aromatic rings. The van der Waals surface area contributed by atoms with Gasteiger partial charge in [0.15, 0.2) is 0 Å². The first-order valence-corrected chi connectivity index (χ1v) is 5.34. The summed E-state index contributed by atoms with van der Waals surface area (Å²) in [5.74, 6) is 1.54. The normalized spacial score (nSPS) is 27.6. The van der Waals surface area contributed by atoms with Crippen molar-refractivity contribution < 1.29 is 4.79 Å². The molecular weight excluding hydrogens is 172 g/mol. The highest BCUT2D eigenvalue weighted by Crippen LogP contribution is 2.35. The number of Topliss-reactive ketones (excluding diaryl/α,β-unsaturated/α-hetero) is 1. The average molecular weight is 188 g/mol. The molecule has 0 saturated heterocycles. The first kappa shape index (κ1) is 9.45. The average Bonchev–Trinajstić information content (AvgIpc) is 2.19. The van der Waals surface area contributed by atoms with Gasteiger partial charge < -0.3 is 0 Å². The van der Waals surface area contributed by atoms with Gasteiger partial charge in [-0.15, -0.1) is 0 Å². The van der Waals surface area contributed by atoms with E-state index in [-0.39, 0.29) is 0 Å². The van der Waals surface area contributed by atoms with Gasteiger partial charge in [0.1, 0.15) is 5.78 Å². The van der Waals surface area contributed by atoms with Crippen LogP contribution in [0, 0.1) is 5.92 Å². The van der Waals surface area contributed by atoms with Gasteiger partial charge in [-0.1, -0.05) is 37.3 Å². The Kier molecular flexibility index (Phi) is 2.67. The Labute approximate surface area is 85.1 Å². The van der Waals surface area contributed by atoms with Crippen molar-refractivity contribution >= 4 is 5.78 Å². The fraction of sp³-hybridized carbons (Fsp3) is 0.462. The lowest BCUT2D eigenvalue weighted by Crippen LogP contribution is -2.21. The molecule has 2 unspecified atom stereocenters. The van der Waals surface area contributed by atoms with Crippen LogP contribution in [-0.2, 0) is 4.79 Å². The molecule has 1 aromatic carbocycles. The predicted octanol–water partition coefficient (Wildman–Crippen LogP) is 3.16. The van der Waals surface area contributed by atoms with Gasteiger partial charge in [0, 0.05) is 12.8 Å². The topological polar surface area (TPSA) is 17.1 Å². The summed E-state index contributed by atoms with van der Waals surface area (Å²) in [5, 5.41) is 0. The van der Waals surface area contributed by atoms with Gasteiger partial charge in [-0.3, -0.25) is 4.79 Å². The summed E-state index contributed by atoms with van der Waals surface area (Å²) in [6, 6.07) is 10.6. The van der Waals surface area contributed by atoms with Crippen LogP contribution in [0.15, 0.2) is 30.3 Å². The van der Waals surface area contributed by atoms with Gasteiger partial charge in [-0.2, -0.15) is 0 Å². The van der Waals surface area contributed by atoms with Crippen molar-refractivity contribution in [1.29, 1.82) is 0 Å². The second-order valence-corrected chi connectivity index (χ2v) is 4.28. The molecule has 1 fully saturated rings. The molecule has 1 heteroatoms. The standard InChI is InChI=1S/C13H16O/c1-10-9-12(14)7-8-13(10)11-5-3-2-4-6-11/h2-6,10,13H,7-9H2,1H3. The molecule has 1 nitrogen and oxygen atoms in total. The van der Waals surface area contributed by atoms with Crippen LogP contribution in [0.2, 0.25) is 0 Å². The maximum Gasteiger partial charge on any atom is 0.133 e. The molecule has 0 bridgehead atoms. The SMILES string of the molecule is CC1CC(=O)CCC1c1ccccc1. The van der Waals surface area contributed by atoms with Gasteiger partial charge in [-0.25, -0.2) is 0 Å². The Morgan fingerprint density at radius 2 is 1.93 bits per heavy atom. The number of hydrogen-bond donors (Lipinski definition) is 0. The minimum absolute atomic E-state index is 0.435.